The number of sulfone groups is 1. The minimum absolute atomic E-state index is 0.0987. The van der Waals surface area contributed by atoms with Crippen molar-refractivity contribution in [3.05, 3.63) is 80.3 Å². The van der Waals surface area contributed by atoms with Gasteiger partial charge in [-0.1, -0.05) is 53.8 Å². The number of aromatic amines is 1. The molecule has 0 atom stereocenters. The normalized spacial score (nSPS) is 11.5. The topological polar surface area (TPSA) is 87.2 Å². The van der Waals surface area contributed by atoms with E-state index in [1.807, 2.05) is 30.3 Å². The molecule has 0 unspecified atom stereocenters. The fraction of sp³-hybridized carbons (Fsp3) is 0.211. The van der Waals surface area contributed by atoms with Crippen molar-refractivity contribution >= 4 is 21.2 Å². The van der Waals surface area contributed by atoms with Crippen molar-refractivity contribution in [1.82, 2.24) is 4.98 Å². The molecule has 0 aliphatic heterocycles. The van der Waals surface area contributed by atoms with E-state index in [0.29, 0.717) is 22.6 Å². The summed E-state index contributed by atoms with van der Waals surface area (Å²) in [6.07, 6.45) is 1.67. The van der Waals surface area contributed by atoms with E-state index < -0.39 is 9.84 Å². The van der Waals surface area contributed by atoms with Crippen molar-refractivity contribution in [1.29, 1.82) is 0 Å². The number of nitrogens with one attached hydrogen (secondary N) is 1. The highest BCUT2D eigenvalue weighted by molar-refractivity contribution is 7.91. The van der Waals surface area contributed by atoms with E-state index in [1.165, 1.54) is 0 Å². The van der Waals surface area contributed by atoms with E-state index in [4.69, 9.17) is 0 Å². The molecule has 0 radical (unpaired) electrons. The van der Waals surface area contributed by atoms with Gasteiger partial charge < -0.3 is 5.11 Å². The number of hydrogen-bond acceptors (Lipinski definition) is 5. The van der Waals surface area contributed by atoms with Gasteiger partial charge in [-0.15, -0.1) is 0 Å². The zero-order valence-electron chi connectivity index (χ0n) is 14.0. The molecule has 0 bridgehead atoms. The summed E-state index contributed by atoms with van der Waals surface area (Å²) in [4.78, 5) is 14.1. The summed E-state index contributed by atoms with van der Waals surface area (Å²) in [6.45, 7) is 0. The number of thiazole rings is 1. The van der Waals surface area contributed by atoms with Crippen LogP contribution < -0.4 is 4.87 Å². The molecule has 7 heteroatoms. The lowest BCUT2D eigenvalue weighted by Gasteiger charge is -2.06. The predicted octanol–water partition coefficient (Wildman–Crippen LogP) is 3.14. The number of aromatic hydroxyl groups is 1. The average molecular weight is 389 g/mol. The second-order valence-corrected chi connectivity index (χ2v) is 9.19. The van der Waals surface area contributed by atoms with Crippen LogP contribution in [0.4, 0.5) is 0 Å². The summed E-state index contributed by atoms with van der Waals surface area (Å²) in [6, 6.07) is 16.4. The molecule has 136 valence electrons. The summed E-state index contributed by atoms with van der Waals surface area (Å²) in [5.74, 6) is -0.0285. The van der Waals surface area contributed by atoms with Crippen molar-refractivity contribution in [3.63, 3.8) is 0 Å². The molecule has 2 N–H and O–H groups in total. The summed E-state index contributed by atoms with van der Waals surface area (Å²) in [5.41, 5.74) is 1.96. The Morgan fingerprint density at radius 3 is 2.27 bits per heavy atom. The van der Waals surface area contributed by atoms with Crippen LogP contribution in [0.1, 0.15) is 22.4 Å². The minimum Gasteiger partial charge on any atom is -0.494 e. The van der Waals surface area contributed by atoms with E-state index >= 15 is 0 Å². The molecule has 2 aromatic carbocycles. The van der Waals surface area contributed by atoms with Crippen LogP contribution in [0.15, 0.2) is 64.3 Å². The number of hydrogen-bond donors (Lipinski definition) is 2. The number of benzene rings is 2. The quantitative estimate of drug-likeness (QED) is 0.650. The predicted molar refractivity (Wildman–Crippen MR) is 103 cm³/mol. The number of aryl methyl sites for hydroxylation is 1. The number of aromatic nitrogens is 1. The lowest BCUT2D eigenvalue weighted by molar-refractivity contribution is 0.451. The maximum absolute atomic E-state index is 12.5. The summed E-state index contributed by atoms with van der Waals surface area (Å²) >= 11 is 0.949. The average Bonchev–Trinajstić information content (AvgIpc) is 2.93. The van der Waals surface area contributed by atoms with Gasteiger partial charge in [-0.25, -0.2) is 8.42 Å². The first-order valence-corrected chi connectivity index (χ1v) is 10.7. The third-order valence-corrected chi connectivity index (χ3v) is 6.76. The zero-order valence-corrected chi connectivity index (χ0v) is 15.6. The Bertz CT molecular complexity index is 1020. The Morgan fingerprint density at radius 1 is 0.962 bits per heavy atom. The van der Waals surface area contributed by atoms with Gasteiger partial charge in [0.15, 0.2) is 9.84 Å². The third-order valence-electron chi connectivity index (χ3n) is 4.07. The molecule has 5 nitrogen and oxygen atoms in total. The smallest absolute Gasteiger partial charge is 0.307 e. The highest BCUT2D eigenvalue weighted by Crippen LogP contribution is 2.21. The molecular formula is C19H19NO4S2. The molecule has 1 heterocycles. The molecule has 0 spiro atoms. The van der Waals surface area contributed by atoms with Gasteiger partial charge in [0, 0.05) is 6.42 Å². The van der Waals surface area contributed by atoms with Crippen LogP contribution in [0, 0.1) is 0 Å². The first kappa shape index (κ1) is 18.4. The molecule has 0 aliphatic carbocycles. The SMILES string of the molecule is O=c1[nH]c(O)c(Cc2ccc(S(=O)(=O)CCCc3ccccc3)cc2)s1. The molecule has 0 saturated carbocycles. The number of rotatable bonds is 7. The lowest BCUT2D eigenvalue weighted by Crippen LogP contribution is -2.08. The zero-order chi connectivity index (χ0) is 18.6. The van der Waals surface area contributed by atoms with Crippen LogP contribution in [-0.4, -0.2) is 24.3 Å². The molecular weight excluding hydrogens is 370 g/mol. The maximum Gasteiger partial charge on any atom is 0.307 e. The largest absolute Gasteiger partial charge is 0.494 e. The molecule has 0 fully saturated rings. The fourth-order valence-corrected chi connectivity index (χ4v) is 4.77. The Hall–Kier alpha value is -2.38. The van der Waals surface area contributed by atoms with E-state index in [9.17, 15) is 18.3 Å². The monoisotopic (exact) mass is 389 g/mol. The molecule has 26 heavy (non-hydrogen) atoms. The van der Waals surface area contributed by atoms with E-state index in [0.717, 1.165) is 28.9 Å². The lowest BCUT2D eigenvalue weighted by atomic mass is 10.1. The van der Waals surface area contributed by atoms with Crippen molar-refractivity contribution < 1.29 is 13.5 Å². The van der Waals surface area contributed by atoms with Gasteiger partial charge in [-0.2, -0.15) is 0 Å². The molecule has 1 aromatic heterocycles. The Kier molecular flexibility index (Phi) is 5.58. The van der Waals surface area contributed by atoms with Gasteiger partial charge in [0.25, 0.3) is 0 Å². The van der Waals surface area contributed by atoms with Crippen molar-refractivity contribution in [3.8, 4) is 5.88 Å². The Balaban J connectivity index is 1.63. The van der Waals surface area contributed by atoms with Crippen molar-refractivity contribution in [2.45, 2.75) is 24.2 Å². The standard InChI is InChI=1S/C19H19NO4S2/c21-18-17(25-19(22)20-18)13-15-8-10-16(11-9-15)26(23,24)12-4-7-14-5-2-1-3-6-14/h1-3,5-6,8-11,21H,4,7,12-13H2,(H,20,22). The van der Waals surface area contributed by atoms with Crippen LogP contribution >= 0.6 is 11.3 Å². The molecule has 3 rings (SSSR count). The van der Waals surface area contributed by atoms with Crippen LogP contribution in [0.3, 0.4) is 0 Å². The second kappa shape index (κ2) is 7.88. The Morgan fingerprint density at radius 2 is 1.65 bits per heavy atom. The third kappa shape index (κ3) is 4.62. The highest BCUT2D eigenvalue weighted by Gasteiger charge is 2.15. The van der Waals surface area contributed by atoms with Gasteiger partial charge in [0.2, 0.25) is 5.88 Å². The highest BCUT2D eigenvalue weighted by atomic mass is 32.2. The first-order valence-electron chi connectivity index (χ1n) is 8.20. The molecule has 0 saturated heterocycles. The Labute approximate surface area is 155 Å². The van der Waals surface area contributed by atoms with Gasteiger partial charge in [0.1, 0.15) is 0 Å². The second-order valence-electron chi connectivity index (χ2n) is 6.02. The van der Waals surface area contributed by atoms with Gasteiger partial charge in [0.05, 0.1) is 15.5 Å². The first-order chi connectivity index (χ1) is 12.4. The van der Waals surface area contributed by atoms with Gasteiger partial charge in [-0.05, 0) is 36.1 Å². The summed E-state index contributed by atoms with van der Waals surface area (Å²) in [5, 5.41) is 9.63. The molecule has 3 aromatic rings. The minimum atomic E-state index is -3.33. The maximum atomic E-state index is 12.5. The van der Waals surface area contributed by atoms with Gasteiger partial charge >= 0.3 is 4.87 Å². The van der Waals surface area contributed by atoms with Crippen LogP contribution in [-0.2, 0) is 22.7 Å². The van der Waals surface area contributed by atoms with Crippen molar-refractivity contribution in [2.24, 2.45) is 0 Å². The van der Waals surface area contributed by atoms with Crippen molar-refractivity contribution in [2.75, 3.05) is 5.75 Å². The van der Waals surface area contributed by atoms with E-state index in [2.05, 4.69) is 4.98 Å². The number of H-pyrrole nitrogens is 1. The summed E-state index contributed by atoms with van der Waals surface area (Å²) in [7, 11) is -3.33. The van der Waals surface area contributed by atoms with Crippen LogP contribution in [0.25, 0.3) is 0 Å². The van der Waals surface area contributed by atoms with Gasteiger partial charge in [-0.3, -0.25) is 9.78 Å². The molecule has 0 amide bonds. The summed E-state index contributed by atoms with van der Waals surface area (Å²) < 4.78 is 24.9. The van der Waals surface area contributed by atoms with Crippen LogP contribution in [0.5, 0.6) is 5.88 Å². The fourth-order valence-electron chi connectivity index (χ4n) is 2.70. The van der Waals surface area contributed by atoms with Crippen LogP contribution in [0.2, 0.25) is 0 Å². The molecule has 0 aliphatic rings. The van der Waals surface area contributed by atoms with E-state index in [-0.39, 0.29) is 16.5 Å². The van der Waals surface area contributed by atoms with E-state index in [1.54, 1.807) is 24.3 Å².